The first-order valence-electron chi connectivity index (χ1n) is 20.1. The van der Waals surface area contributed by atoms with Gasteiger partial charge in [0.25, 0.3) is 0 Å². The van der Waals surface area contributed by atoms with Gasteiger partial charge in [0.2, 0.25) is 11.7 Å². The molecule has 0 unspecified atom stereocenters. The maximum atomic E-state index is 13.8. The Labute approximate surface area is 324 Å². The van der Waals surface area contributed by atoms with Crippen molar-refractivity contribution in [3.63, 3.8) is 0 Å². The molecule has 1 fully saturated rings. The smallest absolute Gasteiger partial charge is 0.305 e. The van der Waals surface area contributed by atoms with Gasteiger partial charge in [-0.25, -0.2) is 0 Å². The number of phenolic OH excluding ortho intramolecular Hbond substituents is 2. The molecule has 0 saturated carbocycles. The number of allylic oxidation sites excluding steroid dienone is 2. The van der Waals surface area contributed by atoms with Crippen LogP contribution in [0.15, 0.2) is 39.1 Å². The monoisotopic (exact) mass is 770 g/mol. The molecule has 1 aromatic heterocycles. The summed E-state index contributed by atoms with van der Waals surface area (Å²) >= 11 is 0. The first kappa shape index (κ1) is 43.9. The van der Waals surface area contributed by atoms with E-state index in [0.29, 0.717) is 18.4 Å². The number of methoxy groups -OCH3 is 1. The molecule has 2 heterocycles. The van der Waals surface area contributed by atoms with Gasteiger partial charge in [-0.1, -0.05) is 108 Å². The van der Waals surface area contributed by atoms with Crippen LogP contribution in [0.5, 0.6) is 23.0 Å². The summed E-state index contributed by atoms with van der Waals surface area (Å²) in [6.07, 6.45) is 12.8. The summed E-state index contributed by atoms with van der Waals surface area (Å²) in [5.41, 5.74) is 0.519. The lowest BCUT2D eigenvalue weighted by Gasteiger charge is -2.39. The second kappa shape index (κ2) is 22.0. The van der Waals surface area contributed by atoms with Crippen LogP contribution in [0.2, 0.25) is 0 Å². The number of carbonyl (C=O) groups is 1. The Morgan fingerprint density at radius 2 is 1.40 bits per heavy atom. The van der Waals surface area contributed by atoms with E-state index in [-0.39, 0.29) is 45.6 Å². The third kappa shape index (κ3) is 12.3. The van der Waals surface area contributed by atoms with Gasteiger partial charge in [-0.05, 0) is 38.8 Å². The van der Waals surface area contributed by atoms with Crippen molar-refractivity contribution in [2.24, 2.45) is 0 Å². The van der Waals surface area contributed by atoms with Crippen molar-refractivity contribution in [3.8, 4) is 23.0 Å². The average molecular weight is 771 g/mol. The van der Waals surface area contributed by atoms with E-state index >= 15 is 0 Å². The van der Waals surface area contributed by atoms with Crippen molar-refractivity contribution >= 4 is 27.9 Å². The largest absolute Gasteiger partial charge is 0.507 e. The molecule has 0 aliphatic carbocycles. The molecule has 1 saturated heterocycles. The topological polar surface area (TPSA) is 185 Å². The number of hydrogen-bond donors (Lipinski definition) is 5. The fraction of sp³-hybridized carbons (Fsp3) is 0.628. The molecule has 0 spiro atoms. The third-order valence-electron chi connectivity index (χ3n) is 10.3. The molecule has 1 aliphatic heterocycles. The zero-order valence-electron chi connectivity index (χ0n) is 33.0. The van der Waals surface area contributed by atoms with Crippen LogP contribution in [0.3, 0.4) is 0 Å². The average Bonchev–Trinajstić information content (AvgIpc) is 3.16. The minimum Gasteiger partial charge on any atom is -0.507 e. The Bertz CT molecular complexity index is 1760. The number of aromatic hydroxyl groups is 2. The van der Waals surface area contributed by atoms with Gasteiger partial charge in [-0.2, -0.15) is 0 Å². The highest BCUT2D eigenvalue weighted by molar-refractivity contribution is 5.98. The molecule has 12 nitrogen and oxygen atoms in total. The summed E-state index contributed by atoms with van der Waals surface area (Å²) < 4.78 is 28.2. The number of benzene rings is 2. The van der Waals surface area contributed by atoms with Gasteiger partial charge in [0, 0.05) is 18.1 Å². The Kier molecular flexibility index (Phi) is 17.6. The van der Waals surface area contributed by atoms with E-state index in [9.17, 15) is 35.1 Å². The molecular weight excluding hydrogens is 708 g/mol. The Balaban J connectivity index is 1.29. The van der Waals surface area contributed by atoms with Crippen LogP contribution in [-0.2, 0) is 20.7 Å². The number of aliphatic hydroxyl groups excluding tert-OH is 3. The molecule has 5 atom stereocenters. The van der Waals surface area contributed by atoms with E-state index < -0.39 is 54.5 Å². The molecule has 0 amide bonds. The van der Waals surface area contributed by atoms with E-state index in [2.05, 4.69) is 6.92 Å². The zero-order chi connectivity index (χ0) is 39.9. The van der Waals surface area contributed by atoms with Crippen molar-refractivity contribution in [1.82, 2.24) is 0 Å². The highest BCUT2D eigenvalue weighted by atomic mass is 16.7. The quantitative estimate of drug-likeness (QED) is 0.0273. The van der Waals surface area contributed by atoms with E-state index in [1.165, 1.54) is 83.8 Å². The number of phenols is 2. The number of fused-ring (bicyclic) bond motifs is 2. The summed E-state index contributed by atoms with van der Waals surface area (Å²) in [5.74, 6) is -1.20. The summed E-state index contributed by atoms with van der Waals surface area (Å²) in [7, 11) is 1.40. The maximum Gasteiger partial charge on any atom is 0.305 e. The normalized spacial score (nSPS) is 19.8. The second-order valence-electron chi connectivity index (χ2n) is 15.0. The fourth-order valence-corrected chi connectivity index (χ4v) is 6.96. The lowest BCUT2D eigenvalue weighted by atomic mass is 9.99. The van der Waals surface area contributed by atoms with Gasteiger partial charge in [0.15, 0.2) is 22.7 Å². The number of rotatable bonds is 23. The van der Waals surface area contributed by atoms with Gasteiger partial charge in [0.05, 0.1) is 12.5 Å². The van der Waals surface area contributed by atoms with Crippen LogP contribution in [0.4, 0.5) is 0 Å². The van der Waals surface area contributed by atoms with Crippen LogP contribution in [-0.4, -0.2) is 75.9 Å². The highest BCUT2D eigenvalue weighted by Crippen LogP contribution is 2.40. The number of aliphatic hydroxyl groups is 3. The fourth-order valence-electron chi connectivity index (χ4n) is 6.96. The standard InChI is InChI=1S/C43H62O12/c1-5-6-7-8-9-10-11-12-13-14-15-16-17-18-19-20-34(45)52-26-33-38(48)39(49)40(50)43(54-33)53-29-24-30-37(47)35-36(46)28(22-21-27(2)3)23-32(51-4)42(35)55-41(30)31(44)25-29/h21,23-25,33,38-40,43-44,46,48-50H,5-20,22,26H2,1-4H3/t33-,38-,39+,40-,43-/m1/s1. The van der Waals surface area contributed by atoms with Crippen LogP contribution in [0.25, 0.3) is 21.9 Å². The summed E-state index contributed by atoms with van der Waals surface area (Å²) in [6, 6.07) is 3.94. The van der Waals surface area contributed by atoms with Crippen LogP contribution in [0.1, 0.15) is 129 Å². The van der Waals surface area contributed by atoms with Gasteiger partial charge in [-0.15, -0.1) is 0 Å². The van der Waals surface area contributed by atoms with Crippen molar-refractivity contribution < 1.29 is 53.7 Å². The second-order valence-corrected chi connectivity index (χ2v) is 15.0. The molecule has 1 aliphatic rings. The van der Waals surface area contributed by atoms with Crippen LogP contribution in [0, 0.1) is 0 Å². The van der Waals surface area contributed by atoms with Gasteiger partial charge in [0.1, 0.15) is 47.9 Å². The third-order valence-corrected chi connectivity index (χ3v) is 10.3. The molecule has 3 aromatic rings. The minimum atomic E-state index is -1.74. The Hall–Kier alpha value is -3.84. The lowest BCUT2D eigenvalue weighted by Crippen LogP contribution is -2.60. The summed E-state index contributed by atoms with van der Waals surface area (Å²) in [4.78, 5) is 26.3. The van der Waals surface area contributed by atoms with Crippen molar-refractivity contribution in [3.05, 3.63) is 45.6 Å². The Morgan fingerprint density at radius 1 is 0.800 bits per heavy atom. The Morgan fingerprint density at radius 3 is 1.98 bits per heavy atom. The maximum absolute atomic E-state index is 13.8. The van der Waals surface area contributed by atoms with Crippen LogP contribution >= 0.6 is 0 Å². The molecule has 55 heavy (non-hydrogen) atoms. The number of esters is 1. The molecular formula is C43H62O12. The molecule has 0 bridgehead atoms. The summed E-state index contributed by atoms with van der Waals surface area (Å²) in [6.45, 7) is 5.67. The molecule has 306 valence electrons. The van der Waals surface area contributed by atoms with Crippen molar-refractivity contribution in [2.45, 2.75) is 161 Å². The van der Waals surface area contributed by atoms with E-state index in [4.69, 9.17) is 23.4 Å². The molecule has 0 radical (unpaired) electrons. The minimum absolute atomic E-state index is 0.0532. The summed E-state index contributed by atoms with van der Waals surface area (Å²) in [5, 5.41) is 53.6. The first-order chi connectivity index (χ1) is 26.5. The van der Waals surface area contributed by atoms with Gasteiger partial charge < -0.3 is 48.9 Å². The van der Waals surface area contributed by atoms with Crippen LogP contribution < -0.4 is 14.9 Å². The number of hydrogen-bond acceptors (Lipinski definition) is 12. The SMILES string of the molecule is CCCCCCCCCCCCCCCCCC(=O)OC[C@H]1O[C@@H](Oc2cc(O)c3oc4c(OC)cc(CC=C(C)C)c(O)c4c(=O)c3c2)[C@H](O)[C@@H](O)[C@@H]1O. The van der Waals surface area contributed by atoms with Crippen molar-refractivity contribution in [1.29, 1.82) is 0 Å². The van der Waals surface area contributed by atoms with Gasteiger partial charge >= 0.3 is 5.97 Å². The number of carbonyl (C=O) groups excluding carboxylic acids is 1. The van der Waals surface area contributed by atoms with E-state index in [1.807, 2.05) is 19.9 Å². The van der Waals surface area contributed by atoms with Gasteiger partial charge in [-0.3, -0.25) is 9.59 Å². The molecule has 2 aromatic carbocycles. The van der Waals surface area contributed by atoms with E-state index in [1.54, 1.807) is 6.07 Å². The highest BCUT2D eigenvalue weighted by Gasteiger charge is 2.45. The zero-order valence-corrected chi connectivity index (χ0v) is 33.0. The van der Waals surface area contributed by atoms with Crippen molar-refractivity contribution in [2.75, 3.05) is 13.7 Å². The predicted molar refractivity (Wildman–Crippen MR) is 211 cm³/mol. The first-order valence-corrected chi connectivity index (χ1v) is 20.1. The molecule has 12 heteroatoms. The number of ether oxygens (including phenoxy) is 4. The molecule has 5 N–H and O–H groups in total. The lowest BCUT2D eigenvalue weighted by molar-refractivity contribution is -0.278. The molecule has 4 rings (SSSR count). The number of unbranched alkanes of at least 4 members (excludes halogenated alkanes) is 14. The predicted octanol–water partition coefficient (Wildman–Crippen LogP) is 7.87. The van der Waals surface area contributed by atoms with E-state index in [0.717, 1.165) is 30.9 Å².